The first-order valence-electron chi connectivity index (χ1n) is 7.30. The number of nitrogens with two attached hydrogens (primary N) is 1. The number of amides is 1. The number of hydrogen-bond acceptors (Lipinski definition) is 8. The Hall–Kier alpha value is -3.44. The maximum absolute atomic E-state index is 12.4. The number of sulfonamides is 1. The van der Waals surface area contributed by atoms with Crippen molar-refractivity contribution in [1.29, 1.82) is 10.7 Å². The first kappa shape index (κ1) is 22.6. The molecule has 1 aromatic rings. The molecule has 28 heavy (non-hydrogen) atoms. The molecule has 0 aromatic heterocycles. The van der Waals surface area contributed by atoms with Crippen LogP contribution < -0.4 is 26.4 Å². The number of nitrogens with zero attached hydrogens (tertiary/aromatic N) is 1. The largest absolute Gasteiger partial charge is 0.477 e. The highest BCUT2D eigenvalue weighted by atomic mass is 32.2. The lowest BCUT2D eigenvalue weighted by Crippen LogP contribution is -2.37. The molecule has 0 aliphatic rings. The lowest BCUT2D eigenvalue weighted by Gasteiger charge is -2.12. The summed E-state index contributed by atoms with van der Waals surface area (Å²) in [4.78, 5) is 22.4. The van der Waals surface area contributed by atoms with Gasteiger partial charge in [-0.25, -0.2) is 13.2 Å². The summed E-state index contributed by atoms with van der Waals surface area (Å²) in [5.41, 5.74) is 4.47. The highest BCUT2D eigenvalue weighted by molar-refractivity contribution is 7.91. The second kappa shape index (κ2) is 9.48. The van der Waals surface area contributed by atoms with Crippen molar-refractivity contribution in [3.63, 3.8) is 0 Å². The van der Waals surface area contributed by atoms with Crippen LogP contribution in [0.15, 0.2) is 33.8 Å². The van der Waals surface area contributed by atoms with E-state index in [0.29, 0.717) is 0 Å². The number of likely N-dealkylation sites (N-methyl/N-ethyl adjacent to an activating group) is 1. The number of benzene rings is 1. The Bertz CT molecular complexity index is 982. The zero-order chi connectivity index (χ0) is 21.5. The third-order valence-electron chi connectivity index (χ3n) is 3.07. The van der Waals surface area contributed by atoms with Crippen molar-refractivity contribution in [1.82, 2.24) is 15.4 Å². The van der Waals surface area contributed by atoms with Crippen LogP contribution in [0, 0.1) is 16.7 Å². The maximum Gasteiger partial charge on any atom is 0.354 e. The Kier molecular flexibility index (Phi) is 7.65. The fourth-order valence-electron chi connectivity index (χ4n) is 1.83. The average Bonchev–Trinajstić information content (AvgIpc) is 2.59. The van der Waals surface area contributed by atoms with Gasteiger partial charge in [0.15, 0.2) is 11.7 Å². The van der Waals surface area contributed by atoms with Gasteiger partial charge < -0.3 is 26.8 Å². The van der Waals surface area contributed by atoms with Crippen molar-refractivity contribution < 1.29 is 23.1 Å². The molecule has 0 aliphatic carbocycles. The maximum atomic E-state index is 12.4. The topological polar surface area (TPSA) is 210 Å². The van der Waals surface area contributed by atoms with E-state index in [9.17, 15) is 23.3 Å². The first-order chi connectivity index (χ1) is 13.0. The van der Waals surface area contributed by atoms with Gasteiger partial charge in [0.2, 0.25) is 5.91 Å². The number of thiol groups is 1. The molecule has 1 rings (SSSR count). The van der Waals surface area contributed by atoms with Crippen molar-refractivity contribution in [2.75, 3.05) is 18.9 Å². The van der Waals surface area contributed by atoms with Gasteiger partial charge in [0, 0.05) is 7.05 Å². The van der Waals surface area contributed by atoms with Gasteiger partial charge in [-0.1, -0.05) is 0 Å². The number of carboxylic acids is 1. The zero-order valence-electron chi connectivity index (χ0n) is 14.4. The SMILES string of the molecule is CN/C(C(=O)O)=C(\S)NS(=O)(=O)c1ccc(NC(=O)CNC(=N)N)c(C#N)c1. The fraction of sp³-hybridized carbons (Fsp3) is 0.143. The summed E-state index contributed by atoms with van der Waals surface area (Å²) in [6, 6.07) is 5.05. The van der Waals surface area contributed by atoms with Gasteiger partial charge >= 0.3 is 5.97 Å². The van der Waals surface area contributed by atoms with E-state index in [1.807, 2.05) is 4.72 Å². The predicted octanol–water partition coefficient (Wildman–Crippen LogP) is -1.34. The van der Waals surface area contributed by atoms with Crippen LogP contribution in [0.25, 0.3) is 0 Å². The van der Waals surface area contributed by atoms with Crippen LogP contribution >= 0.6 is 12.6 Å². The second-order valence-corrected chi connectivity index (χ2v) is 7.15. The third kappa shape index (κ3) is 6.07. The number of nitriles is 1. The Labute approximate surface area is 165 Å². The van der Waals surface area contributed by atoms with Gasteiger partial charge in [-0.3, -0.25) is 14.9 Å². The number of rotatable bonds is 8. The van der Waals surface area contributed by atoms with Crippen LogP contribution in [0.2, 0.25) is 0 Å². The van der Waals surface area contributed by atoms with Crippen LogP contribution in [0.1, 0.15) is 5.56 Å². The first-order valence-corrected chi connectivity index (χ1v) is 9.23. The smallest absolute Gasteiger partial charge is 0.354 e. The molecule has 1 aromatic carbocycles. The summed E-state index contributed by atoms with van der Waals surface area (Å²) in [5.74, 6) is -2.45. The van der Waals surface area contributed by atoms with Gasteiger partial charge in [-0.15, -0.1) is 12.6 Å². The molecule has 0 aliphatic heterocycles. The van der Waals surface area contributed by atoms with Gasteiger partial charge in [0.05, 0.1) is 22.7 Å². The molecular weight excluding hydrogens is 410 g/mol. The summed E-state index contributed by atoms with van der Waals surface area (Å²) in [7, 11) is -2.98. The summed E-state index contributed by atoms with van der Waals surface area (Å²) in [6.07, 6.45) is 0. The van der Waals surface area contributed by atoms with Crippen LogP contribution in [0.4, 0.5) is 5.69 Å². The van der Waals surface area contributed by atoms with E-state index in [1.54, 1.807) is 6.07 Å². The van der Waals surface area contributed by atoms with Crippen molar-refractivity contribution >= 4 is 46.2 Å². The van der Waals surface area contributed by atoms with E-state index in [-0.39, 0.29) is 22.7 Å². The molecule has 12 nitrogen and oxygen atoms in total. The summed E-state index contributed by atoms with van der Waals surface area (Å²) < 4.78 is 26.8. The Morgan fingerprint density at radius 1 is 1.39 bits per heavy atom. The number of anilines is 1. The van der Waals surface area contributed by atoms with E-state index >= 15 is 0 Å². The fourth-order valence-corrected chi connectivity index (χ4v) is 3.39. The zero-order valence-corrected chi connectivity index (χ0v) is 16.1. The highest BCUT2D eigenvalue weighted by Gasteiger charge is 2.20. The van der Waals surface area contributed by atoms with Crippen molar-refractivity contribution in [2.24, 2.45) is 5.73 Å². The van der Waals surface area contributed by atoms with Crippen LogP contribution in [0.5, 0.6) is 0 Å². The van der Waals surface area contributed by atoms with Gasteiger partial charge in [-0.2, -0.15) is 5.26 Å². The molecule has 0 spiro atoms. The molecule has 1 amide bonds. The van der Waals surface area contributed by atoms with Crippen molar-refractivity contribution in [3.8, 4) is 6.07 Å². The van der Waals surface area contributed by atoms with Gasteiger partial charge in [-0.05, 0) is 18.2 Å². The van der Waals surface area contributed by atoms with Gasteiger partial charge in [0.25, 0.3) is 10.0 Å². The van der Waals surface area contributed by atoms with E-state index in [4.69, 9.17) is 16.2 Å². The molecule has 8 N–H and O–H groups in total. The standard InChI is InChI=1S/C14H17N7O5S2/c1-18-11(13(23)24)12(27)21-28(25,26)8-2-3-9(7(4-8)5-15)20-10(22)6-19-14(16)17/h2-4,18,21,27H,6H2,1H3,(H,20,22)(H,23,24)(H4,16,17,19)/b12-11-. The predicted molar refractivity (Wildman–Crippen MR) is 103 cm³/mol. The normalized spacial score (nSPS) is 11.5. The minimum Gasteiger partial charge on any atom is -0.477 e. The Morgan fingerprint density at radius 3 is 2.54 bits per heavy atom. The summed E-state index contributed by atoms with van der Waals surface area (Å²) >= 11 is 3.83. The number of carbonyl (C=O) groups excluding carboxylic acids is 1. The number of aliphatic carboxylic acids is 1. The molecule has 0 fully saturated rings. The molecule has 150 valence electrons. The van der Waals surface area contributed by atoms with Crippen molar-refractivity contribution in [2.45, 2.75) is 4.90 Å². The van der Waals surface area contributed by atoms with E-state index in [2.05, 4.69) is 28.6 Å². The van der Waals surface area contributed by atoms with E-state index < -0.39 is 38.6 Å². The van der Waals surface area contributed by atoms with Crippen molar-refractivity contribution in [3.05, 3.63) is 34.5 Å². The lowest BCUT2D eigenvalue weighted by molar-refractivity contribution is -0.133. The molecule has 0 heterocycles. The van der Waals surface area contributed by atoms with E-state index in [1.165, 1.54) is 13.1 Å². The average molecular weight is 427 g/mol. The molecule has 0 saturated heterocycles. The minimum atomic E-state index is -4.26. The van der Waals surface area contributed by atoms with Gasteiger partial charge in [0.1, 0.15) is 11.1 Å². The monoisotopic (exact) mass is 427 g/mol. The Balaban J connectivity index is 3.14. The molecule has 0 radical (unpaired) electrons. The second-order valence-electron chi connectivity index (χ2n) is 5.02. The number of carbonyl (C=O) groups is 2. The van der Waals surface area contributed by atoms with E-state index in [0.717, 1.165) is 12.1 Å². The molecule has 0 atom stereocenters. The number of carboxylic acid groups (broad SMARTS) is 1. The molecule has 14 heteroatoms. The molecule has 0 saturated carbocycles. The molecule has 0 bridgehead atoms. The Morgan fingerprint density at radius 2 is 2.04 bits per heavy atom. The summed E-state index contributed by atoms with van der Waals surface area (Å²) in [6.45, 7) is -0.322. The van der Waals surface area contributed by atoms with Crippen LogP contribution in [-0.4, -0.2) is 45.0 Å². The molecule has 0 unspecified atom stereocenters. The third-order valence-corrected chi connectivity index (χ3v) is 4.90. The number of hydrogen-bond donors (Lipinski definition) is 8. The molecular formula is C14H17N7O5S2. The summed E-state index contributed by atoms with van der Waals surface area (Å²) in [5, 5.41) is 31.7. The highest BCUT2D eigenvalue weighted by Crippen LogP contribution is 2.21. The minimum absolute atomic E-state index is 0.0416. The van der Waals surface area contributed by atoms with Crippen LogP contribution in [0.3, 0.4) is 0 Å². The quantitative estimate of drug-likeness (QED) is 0.107. The van der Waals surface area contributed by atoms with Crippen LogP contribution in [-0.2, 0) is 19.6 Å². The lowest BCUT2D eigenvalue weighted by atomic mass is 10.2. The number of guanidine groups is 1. The number of nitrogens with one attached hydrogen (secondary N) is 5.